The highest BCUT2D eigenvalue weighted by atomic mass is 19.4. The number of amides is 1. The molecule has 1 aliphatic heterocycles. The Hall–Kier alpha value is -3.32. The predicted molar refractivity (Wildman–Crippen MR) is 90.4 cm³/mol. The van der Waals surface area contributed by atoms with E-state index in [1.54, 1.807) is 0 Å². The van der Waals surface area contributed by atoms with Crippen LogP contribution in [-0.2, 0) is 25.9 Å². The molecular weight excluding hydrogens is 434 g/mol. The van der Waals surface area contributed by atoms with Gasteiger partial charge in [0, 0.05) is 19.7 Å². The van der Waals surface area contributed by atoms with Crippen LogP contribution in [0.5, 0.6) is 0 Å². The first kappa shape index (κ1) is 20.9. The second-order valence-corrected chi connectivity index (χ2v) is 6.91. The Balaban J connectivity index is 1.57. The number of hydrogen-bond donors (Lipinski definition) is 1. The zero-order valence-electron chi connectivity index (χ0n) is 15.8. The minimum atomic E-state index is -4.74. The number of aromatic nitrogens is 5. The molecule has 0 aliphatic carbocycles. The largest absolute Gasteiger partial charge is 0.468 e. The Bertz CT molecular complexity index is 1130. The van der Waals surface area contributed by atoms with Gasteiger partial charge in [-0.2, -0.15) is 36.5 Å². The van der Waals surface area contributed by atoms with E-state index in [4.69, 9.17) is 4.42 Å². The van der Waals surface area contributed by atoms with Crippen molar-refractivity contribution in [3.05, 3.63) is 41.3 Å². The van der Waals surface area contributed by atoms with E-state index in [1.807, 2.05) is 0 Å². The summed E-state index contributed by atoms with van der Waals surface area (Å²) in [7, 11) is 1.22. The molecule has 14 heteroatoms. The van der Waals surface area contributed by atoms with Crippen molar-refractivity contribution in [2.24, 2.45) is 7.05 Å². The molecule has 0 saturated heterocycles. The maximum Gasteiger partial charge on any atom is 0.468 e. The van der Waals surface area contributed by atoms with Crippen LogP contribution in [0.15, 0.2) is 22.7 Å². The van der Waals surface area contributed by atoms with E-state index in [2.05, 4.69) is 20.5 Å². The Morgan fingerprint density at radius 2 is 1.90 bits per heavy atom. The molecular formula is C17H14F6N6O2. The maximum absolute atomic E-state index is 12.8. The minimum Gasteiger partial charge on any atom is -0.431 e. The molecule has 4 heterocycles. The van der Waals surface area contributed by atoms with Gasteiger partial charge >= 0.3 is 18.2 Å². The molecule has 4 rings (SSSR count). The fraction of sp³-hybridized carbons (Fsp3) is 0.412. The van der Waals surface area contributed by atoms with Crippen LogP contribution in [-0.4, -0.2) is 30.5 Å². The van der Waals surface area contributed by atoms with Crippen molar-refractivity contribution in [2.75, 3.05) is 0 Å². The minimum absolute atomic E-state index is 0.0963. The number of halogens is 6. The highest BCUT2D eigenvalue weighted by molar-refractivity contribution is 5.93. The molecule has 166 valence electrons. The third kappa shape index (κ3) is 4.01. The van der Waals surface area contributed by atoms with Crippen molar-refractivity contribution in [3.63, 3.8) is 0 Å². The SMILES string of the molecule is Cn1nc(C(F)(F)F)cc1C(=O)N[C@H]1CCCn2nc(-c3cnc(C(F)(F)F)o3)cc21. The van der Waals surface area contributed by atoms with Crippen LogP contribution in [0.2, 0.25) is 0 Å². The van der Waals surface area contributed by atoms with Crippen LogP contribution in [0.4, 0.5) is 26.3 Å². The van der Waals surface area contributed by atoms with Crippen molar-refractivity contribution in [3.8, 4) is 11.5 Å². The van der Waals surface area contributed by atoms with Gasteiger partial charge < -0.3 is 9.73 Å². The van der Waals surface area contributed by atoms with E-state index >= 15 is 0 Å². The third-order valence-electron chi connectivity index (χ3n) is 4.74. The van der Waals surface area contributed by atoms with E-state index < -0.39 is 35.9 Å². The molecule has 0 radical (unpaired) electrons. The Morgan fingerprint density at radius 3 is 2.52 bits per heavy atom. The van der Waals surface area contributed by atoms with Gasteiger partial charge in [0.2, 0.25) is 0 Å². The smallest absolute Gasteiger partial charge is 0.431 e. The lowest BCUT2D eigenvalue weighted by atomic mass is 10.0. The monoisotopic (exact) mass is 448 g/mol. The molecule has 0 bridgehead atoms. The standard InChI is InChI=1S/C17H14F6N6O2/c1-28-11(6-13(27-28)16(18,19)20)14(30)25-8-3-2-4-29-10(8)5-9(26-29)12-7-24-15(31-12)17(21,22)23/h5-8H,2-4H2,1H3,(H,25,30)/t8-/m0/s1. The second kappa shape index (κ2) is 7.13. The average molecular weight is 448 g/mol. The van der Waals surface area contributed by atoms with Gasteiger partial charge in [-0.15, -0.1) is 0 Å². The maximum atomic E-state index is 12.8. The summed E-state index contributed by atoms with van der Waals surface area (Å²) in [6.07, 6.45) is -7.49. The van der Waals surface area contributed by atoms with Gasteiger partial charge in [-0.3, -0.25) is 14.2 Å². The molecule has 3 aromatic rings. The van der Waals surface area contributed by atoms with E-state index in [0.29, 0.717) is 31.1 Å². The average Bonchev–Trinajstić information content (AvgIpc) is 3.38. The number of alkyl halides is 6. The molecule has 0 unspecified atom stereocenters. The lowest BCUT2D eigenvalue weighted by Gasteiger charge is -2.24. The van der Waals surface area contributed by atoms with Gasteiger partial charge in [-0.1, -0.05) is 0 Å². The molecule has 8 nitrogen and oxygen atoms in total. The predicted octanol–water partition coefficient (Wildman–Crippen LogP) is 3.57. The quantitative estimate of drug-likeness (QED) is 0.619. The second-order valence-electron chi connectivity index (χ2n) is 6.91. The molecule has 0 fully saturated rings. The highest BCUT2D eigenvalue weighted by Crippen LogP contribution is 2.34. The van der Waals surface area contributed by atoms with E-state index in [-0.39, 0.29) is 17.1 Å². The number of aryl methyl sites for hydroxylation is 2. The molecule has 31 heavy (non-hydrogen) atoms. The number of nitrogens with zero attached hydrogens (tertiary/aromatic N) is 5. The summed E-state index contributed by atoms with van der Waals surface area (Å²) in [6, 6.07) is 1.49. The molecule has 1 atom stereocenters. The van der Waals surface area contributed by atoms with Crippen LogP contribution in [0.25, 0.3) is 11.5 Å². The Morgan fingerprint density at radius 1 is 1.16 bits per heavy atom. The van der Waals surface area contributed by atoms with Crippen LogP contribution in [0, 0.1) is 0 Å². The number of nitrogens with one attached hydrogen (secondary N) is 1. The highest BCUT2D eigenvalue weighted by Gasteiger charge is 2.38. The number of carbonyl (C=O) groups is 1. The van der Waals surface area contributed by atoms with Gasteiger partial charge in [0.1, 0.15) is 11.4 Å². The summed E-state index contributed by atoms with van der Waals surface area (Å²) in [4.78, 5) is 15.7. The van der Waals surface area contributed by atoms with Gasteiger partial charge in [-0.25, -0.2) is 4.98 Å². The number of rotatable bonds is 3. The molecule has 1 N–H and O–H groups in total. The summed E-state index contributed by atoms with van der Waals surface area (Å²) in [6.45, 7) is 0.450. The Kier molecular flexibility index (Phi) is 4.81. The van der Waals surface area contributed by atoms with Gasteiger partial charge in [0.25, 0.3) is 5.91 Å². The first-order chi connectivity index (χ1) is 14.4. The van der Waals surface area contributed by atoms with Crippen LogP contribution in [0.1, 0.15) is 46.7 Å². The van der Waals surface area contributed by atoms with Crippen LogP contribution >= 0.6 is 0 Å². The zero-order chi connectivity index (χ0) is 22.6. The first-order valence-electron chi connectivity index (χ1n) is 8.96. The first-order valence-corrected chi connectivity index (χ1v) is 8.96. The van der Waals surface area contributed by atoms with Gasteiger partial charge in [0.05, 0.1) is 17.9 Å². The Labute approximate surface area is 169 Å². The lowest BCUT2D eigenvalue weighted by molar-refractivity contribution is -0.156. The molecule has 0 spiro atoms. The van der Waals surface area contributed by atoms with Crippen molar-refractivity contribution in [2.45, 2.75) is 37.8 Å². The number of fused-ring (bicyclic) bond motifs is 1. The topological polar surface area (TPSA) is 90.8 Å². The third-order valence-corrected chi connectivity index (χ3v) is 4.74. The summed E-state index contributed by atoms with van der Waals surface area (Å²) < 4.78 is 83.7. The van der Waals surface area contributed by atoms with Crippen molar-refractivity contribution in [1.29, 1.82) is 0 Å². The zero-order valence-corrected chi connectivity index (χ0v) is 15.8. The van der Waals surface area contributed by atoms with Crippen LogP contribution < -0.4 is 5.32 Å². The van der Waals surface area contributed by atoms with Crippen LogP contribution in [0.3, 0.4) is 0 Å². The van der Waals surface area contributed by atoms with Crippen molar-refractivity contribution in [1.82, 2.24) is 29.9 Å². The van der Waals surface area contributed by atoms with Gasteiger partial charge in [-0.05, 0) is 18.9 Å². The van der Waals surface area contributed by atoms with E-state index in [9.17, 15) is 31.1 Å². The molecule has 0 saturated carbocycles. The van der Waals surface area contributed by atoms with Gasteiger partial charge in [0.15, 0.2) is 11.5 Å². The fourth-order valence-corrected chi connectivity index (χ4v) is 3.32. The molecule has 0 aromatic carbocycles. The normalized spacial score (nSPS) is 16.9. The summed E-state index contributed by atoms with van der Waals surface area (Å²) in [5.74, 6) is -2.37. The van der Waals surface area contributed by atoms with E-state index in [0.717, 1.165) is 10.9 Å². The van der Waals surface area contributed by atoms with Crippen molar-refractivity contribution < 1.29 is 35.6 Å². The molecule has 1 aliphatic rings. The summed E-state index contributed by atoms with van der Waals surface area (Å²) >= 11 is 0. The molecule has 3 aromatic heterocycles. The summed E-state index contributed by atoms with van der Waals surface area (Å²) in [5.41, 5.74) is -0.895. The fourth-order valence-electron chi connectivity index (χ4n) is 3.32. The lowest BCUT2D eigenvalue weighted by Crippen LogP contribution is -2.33. The van der Waals surface area contributed by atoms with E-state index in [1.165, 1.54) is 17.8 Å². The number of carbonyl (C=O) groups excluding carboxylic acids is 1. The summed E-state index contributed by atoms with van der Waals surface area (Å²) in [5, 5.41) is 10.1. The molecule has 1 amide bonds. The van der Waals surface area contributed by atoms with Crippen molar-refractivity contribution >= 4 is 5.91 Å². The number of oxazole rings is 1. The number of hydrogen-bond acceptors (Lipinski definition) is 5.